The van der Waals surface area contributed by atoms with Crippen LogP contribution in [0.25, 0.3) is 0 Å². The van der Waals surface area contributed by atoms with Gasteiger partial charge in [0.05, 0.1) is 4.90 Å². The minimum absolute atomic E-state index is 0.0472. The minimum atomic E-state index is -3.62. The van der Waals surface area contributed by atoms with E-state index in [1.54, 1.807) is 11.0 Å². The number of benzene rings is 1. The highest BCUT2D eigenvalue weighted by Gasteiger charge is 2.33. The smallest absolute Gasteiger partial charge is 0.274 e. The van der Waals surface area contributed by atoms with Crippen LogP contribution >= 0.6 is 0 Å². The standard InChI is InChI=1S/C21H30N4O3S/c1-14-11-17(21(4,5)6)12-15(2)19(14)29(27,28)25-9-7-24(8-10-25)20(26)18-13-16(3)22-23-18/h11-13H,7-10H2,1-6H3,(H,22,23). The van der Waals surface area contributed by atoms with Gasteiger partial charge >= 0.3 is 0 Å². The molecule has 29 heavy (non-hydrogen) atoms. The van der Waals surface area contributed by atoms with Crippen LogP contribution in [0.4, 0.5) is 0 Å². The first-order chi connectivity index (χ1) is 13.4. The zero-order valence-corrected chi connectivity index (χ0v) is 18.9. The number of hydrogen-bond donors (Lipinski definition) is 1. The second-order valence-electron chi connectivity index (χ2n) is 8.82. The Balaban J connectivity index is 1.79. The van der Waals surface area contributed by atoms with Crippen molar-refractivity contribution in [2.24, 2.45) is 0 Å². The molecule has 3 rings (SSSR count). The molecule has 0 spiro atoms. The molecule has 2 heterocycles. The lowest BCUT2D eigenvalue weighted by atomic mass is 9.85. The molecule has 1 aliphatic heterocycles. The number of H-pyrrole nitrogens is 1. The minimum Gasteiger partial charge on any atom is -0.335 e. The quantitative estimate of drug-likeness (QED) is 0.830. The van der Waals surface area contributed by atoms with Gasteiger partial charge in [0.2, 0.25) is 10.0 Å². The van der Waals surface area contributed by atoms with Gasteiger partial charge in [0.25, 0.3) is 5.91 Å². The summed E-state index contributed by atoms with van der Waals surface area (Å²) in [5, 5.41) is 6.78. The fourth-order valence-corrected chi connectivity index (χ4v) is 5.57. The Hall–Kier alpha value is -2.19. The summed E-state index contributed by atoms with van der Waals surface area (Å²) in [4.78, 5) is 14.6. The number of aryl methyl sites for hydroxylation is 3. The van der Waals surface area contributed by atoms with E-state index in [4.69, 9.17) is 0 Å². The van der Waals surface area contributed by atoms with Crippen LogP contribution in [-0.2, 0) is 15.4 Å². The van der Waals surface area contributed by atoms with Crippen molar-refractivity contribution >= 4 is 15.9 Å². The number of rotatable bonds is 3. The molecule has 1 amide bonds. The molecule has 0 unspecified atom stereocenters. The van der Waals surface area contributed by atoms with Crippen LogP contribution in [-0.4, -0.2) is 59.9 Å². The van der Waals surface area contributed by atoms with Gasteiger partial charge in [0.15, 0.2) is 0 Å². The molecule has 0 saturated carbocycles. The van der Waals surface area contributed by atoms with E-state index >= 15 is 0 Å². The SMILES string of the molecule is Cc1cc(C(=O)N2CCN(S(=O)(=O)c3c(C)cc(C(C)(C)C)cc3C)CC2)n[nH]1. The highest BCUT2D eigenvalue weighted by molar-refractivity contribution is 7.89. The zero-order valence-electron chi connectivity index (χ0n) is 18.0. The Morgan fingerprint density at radius 1 is 1.00 bits per heavy atom. The van der Waals surface area contributed by atoms with Crippen LogP contribution in [0.3, 0.4) is 0 Å². The topological polar surface area (TPSA) is 86.4 Å². The molecular formula is C21H30N4O3S. The van der Waals surface area contributed by atoms with Gasteiger partial charge in [-0.25, -0.2) is 8.42 Å². The molecule has 0 atom stereocenters. The molecule has 1 aromatic carbocycles. The van der Waals surface area contributed by atoms with Crippen molar-refractivity contribution in [1.82, 2.24) is 19.4 Å². The average molecular weight is 419 g/mol. The van der Waals surface area contributed by atoms with E-state index in [0.717, 1.165) is 22.4 Å². The number of amides is 1. The second-order valence-corrected chi connectivity index (χ2v) is 10.7. The van der Waals surface area contributed by atoms with Crippen LogP contribution < -0.4 is 0 Å². The fourth-order valence-electron chi connectivity index (χ4n) is 3.74. The third-order valence-corrected chi connectivity index (χ3v) is 7.58. The Morgan fingerprint density at radius 3 is 2.00 bits per heavy atom. The third-order valence-electron chi connectivity index (χ3n) is 5.38. The molecule has 1 fully saturated rings. The first-order valence-electron chi connectivity index (χ1n) is 9.84. The largest absolute Gasteiger partial charge is 0.335 e. The number of sulfonamides is 1. The average Bonchev–Trinajstić information content (AvgIpc) is 3.06. The Morgan fingerprint density at radius 2 is 1.55 bits per heavy atom. The second kappa shape index (κ2) is 7.57. The zero-order chi connectivity index (χ0) is 21.6. The number of nitrogens with one attached hydrogen (secondary N) is 1. The molecule has 8 heteroatoms. The summed E-state index contributed by atoms with van der Waals surface area (Å²) in [5.41, 5.74) is 3.79. The maximum absolute atomic E-state index is 13.3. The van der Waals surface area contributed by atoms with Crippen LogP contribution in [0.1, 0.15) is 53.6 Å². The van der Waals surface area contributed by atoms with Gasteiger partial charge in [-0.3, -0.25) is 9.89 Å². The number of aromatic amines is 1. The predicted octanol–water partition coefficient (Wildman–Crippen LogP) is 2.78. The molecule has 1 aliphatic rings. The lowest BCUT2D eigenvalue weighted by molar-refractivity contribution is 0.0692. The summed E-state index contributed by atoms with van der Waals surface area (Å²) >= 11 is 0. The predicted molar refractivity (Wildman–Crippen MR) is 113 cm³/mol. The van der Waals surface area contributed by atoms with Crippen molar-refractivity contribution < 1.29 is 13.2 Å². The van der Waals surface area contributed by atoms with Crippen molar-refractivity contribution in [3.05, 3.63) is 46.3 Å². The molecule has 158 valence electrons. The van der Waals surface area contributed by atoms with Gasteiger partial charge in [-0.2, -0.15) is 9.40 Å². The summed E-state index contributed by atoms with van der Waals surface area (Å²) in [6, 6.07) is 5.65. The monoisotopic (exact) mass is 418 g/mol. The first-order valence-corrected chi connectivity index (χ1v) is 11.3. The fraction of sp³-hybridized carbons (Fsp3) is 0.524. The maximum Gasteiger partial charge on any atom is 0.274 e. The van der Waals surface area contributed by atoms with Crippen LogP contribution in [0.15, 0.2) is 23.1 Å². The number of hydrogen-bond acceptors (Lipinski definition) is 4. The molecule has 1 aromatic heterocycles. The first kappa shape index (κ1) is 21.5. The lowest BCUT2D eigenvalue weighted by Gasteiger charge is -2.34. The molecular weight excluding hydrogens is 388 g/mol. The molecule has 0 aliphatic carbocycles. The molecule has 1 N–H and O–H groups in total. The van der Waals surface area contributed by atoms with Gasteiger partial charge in [0.1, 0.15) is 5.69 Å². The summed E-state index contributed by atoms with van der Waals surface area (Å²) in [5.74, 6) is -0.173. The number of aromatic nitrogens is 2. The summed E-state index contributed by atoms with van der Waals surface area (Å²) in [6.07, 6.45) is 0. The van der Waals surface area contributed by atoms with E-state index in [9.17, 15) is 13.2 Å². The van der Waals surface area contributed by atoms with E-state index in [0.29, 0.717) is 23.7 Å². The van der Waals surface area contributed by atoms with Crippen molar-refractivity contribution in [2.45, 2.75) is 51.9 Å². The van der Waals surface area contributed by atoms with E-state index in [1.165, 1.54) is 4.31 Å². The van der Waals surface area contributed by atoms with Gasteiger partial charge in [-0.15, -0.1) is 0 Å². The van der Waals surface area contributed by atoms with Gasteiger partial charge in [0, 0.05) is 31.9 Å². The van der Waals surface area contributed by atoms with Gasteiger partial charge in [-0.1, -0.05) is 32.9 Å². The summed E-state index contributed by atoms with van der Waals surface area (Å²) in [6.45, 7) is 13.2. The normalized spacial score (nSPS) is 16.3. The Bertz CT molecular complexity index is 1000. The van der Waals surface area contributed by atoms with Crippen molar-refractivity contribution in [1.29, 1.82) is 0 Å². The molecule has 0 radical (unpaired) electrons. The van der Waals surface area contributed by atoms with Gasteiger partial charge < -0.3 is 4.90 Å². The van der Waals surface area contributed by atoms with Gasteiger partial charge in [-0.05, 0) is 48.9 Å². The number of carbonyl (C=O) groups excluding carboxylic acids is 1. The molecule has 1 saturated heterocycles. The van der Waals surface area contributed by atoms with E-state index < -0.39 is 10.0 Å². The Labute approximate surface area is 173 Å². The number of nitrogens with zero attached hydrogens (tertiary/aromatic N) is 3. The lowest BCUT2D eigenvalue weighted by Crippen LogP contribution is -2.50. The van der Waals surface area contributed by atoms with E-state index in [2.05, 4.69) is 31.0 Å². The number of piperazine rings is 1. The van der Waals surface area contributed by atoms with Crippen molar-refractivity contribution in [2.75, 3.05) is 26.2 Å². The summed E-state index contributed by atoms with van der Waals surface area (Å²) in [7, 11) is -3.62. The van der Waals surface area contributed by atoms with E-state index in [-0.39, 0.29) is 24.4 Å². The third kappa shape index (κ3) is 4.23. The highest BCUT2D eigenvalue weighted by atomic mass is 32.2. The highest BCUT2D eigenvalue weighted by Crippen LogP contribution is 2.31. The summed E-state index contributed by atoms with van der Waals surface area (Å²) < 4.78 is 28.2. The molecule has 7 nitrogen and oxygen atoms in total. The van der Waals surface area contributed by atoms with Crippen molar-refractivity contribution in [3.8, 4) is 0 Å². The van der Waals surface area contributed by atoms with E-state index in [1.807, 2.05) is 32.9 Å². The maximum atomic E-state index is 13.3. The van der Waals surface area contributed by atoms with Crippen LogP contribution in [0.5, 0.6) is 0 Å². The number of carbonyl (C=O) groups is 1. The molecule has 2 aromatic rings. The molecule has 0 bridgehead atoms. The van der Waals surface area contributed by atoms with Crippen LogP contribution in [0, 0.1) is 20.8 Å². The van der Waals surface area contributed by atoms with Crippen molar-refractivity contribution in [3.63, 3.8) is 0 Å². The van der Waals surface area contributed by atoms with Crippen LogP contribution in [0.2, 0.25) is 0 Å². The Kier molecular flexibility index (Phi) is 5.62.